The molecule has 2 aromatic rings. The van der Waals surface area contributed by atoms with Crippen LogP contribution in [0.4, 0.5) is 4.79 Å². The van der Waals surface area contributed by atoms with E-state index in [9.17, 15) is 14.4 Å². The number of benzene rings is 1. The predicted octanol–water partition coefficient (Wildman–Crippen LogP) is 2.95. The van der Waals surface area contributed by atoms with Gasteiger partial charge in [0.15, 0.2) is 0 Å². The zero-order valence-corrected chi connectivity index (χ0v) is 13.5. The summed E-state index contributed by atoms with van der Waals surface area (Å²) in [6, 6.07) is 9.24. The lowest BCUT2D eigenvalue weighted by Gasteiger charge is -2.08. The van der Waals surface area contributed by atoms with Crippen molar-refractivity contribution in [3.8, 4) is 11.3 Å². The maximum absolute atomic E-state index is 12.2. The Labute approximate surface area is 143 Å². The van der Waals surface area contributed by atoms with Crippen LogP contribution in [-0.4, -0.2) is 34.5 Å². The second-order valence-electron chi connectivity index (χ2n) is 5.53. The van der Waals surface area contributed by atoms with Gasteiger partial charge in [0.1, 0.15) is 17.2 Å². The molecule has 0 radical (unpaired) electrons. The second kappa shape index (κ2) is 6.64. The van der Waals surface area contributed by atoms with E-state index >= 15 is 0 Å². The van der Waals surface area contributed by atoms with E-state index in [2.05, 4.69) is 5.32 Å². The molecule has 0 atom stereocenters. The van der Waals surface area contributed by atoms with E-state index in [0.29, 0.717) is 30.0 Å². The van der Waals surface area contributed by atoms with Crippen LogP contribution in [-0.2, 0) is 4.79 Å². The number of rotatable bonds is 5. The van der Waals surface area contributed by atoms with Crippen molar-refractivity contribution in [2.24, 2.45) is 0 Å². The van der Waals surface area contributed by atoms with Crippen molar-refractivity contribution in [1.82, 2.24) is 10.2 Å². The zero-order valence-electron chi connectivity index (χ0n) is 13.5. The van der Waals surface area contributed by atoms with E-state index in [-0.39, 0.29) is 11.3 Å². The van der Waals surface area contributed by atoms with E-state index in [1.165, 1.54) is 18.2 Å². The zero-order chi connectivity index (χ0) is 18.0. The Hall–Kier alpha value is -3.35. The number of hydrogen-bond acceptors (Lipinski definition) is 4. The maximum Gasteiger partial charge on any atom is 0.335 e. The Morgan fingerprint density at radius 1 is 1.28 bits per heavy atom. The van der Waals surface area contributed by atoms with Crippen LogP contribution in [0.15, 0.2) is 46.5 Å². The number of nitrogens with zero attached hydrogens (tertiary/aromatic N) is 1. The van der Waals surface area contributed by atoms with Crippen LogP contribution < -0.4 is 5.32 Å². The van der Waals surface area contributed by atoms with Gasteiger partial charge in [0.05, 0.1) is 5.56 Å². The molecule has 2 N–H and O–H groups in total. The van der Waals surface area contributed by atoms with Gasteiger partial charge in [0.2, 0.25) is 0 Å². The van der Waals surface area contributed by atoms with E-state index in [4.69, 9.17) is 9.52 Å². The molecule has 7 nitrogen and oxygen atoms in total. The van der Waals surface area contributed by atoms with Crippen molar-refractivity contribution in [3.63, 3.8) is 0 Å². The smallest absolute Gasteiger partial charge is 0.335 e. The van der Waals surface area contributed by atoms with Crippen LogP contribution in [0.2, 0.25) is 0 Å². The van der Waals surface area contributed by atoms with Gasteiger partial charge in [0, 0.05) is 18.2 Å². The number of urea groups is 1. The highest BCUT2D eigenvalue weighted by atomic mass is 16.4. The molecule has 1 saturated heterocycles. The van der Waals surface area contributed by atoms with Gasteiger partial charge in [-0.1, -0.05) is 19.1 Å². The number of carboxylic acids is 1. The van der Waals surface area contributed by atoms with Crippen molar-refractivity contribution < 1.29 is 23.9 Å². The molecule has 1 aliphatic heterocycles. The van der Waals surface area contributed by atoms with Gasteiger partial charge in [-0.15, -0.1) is 0 Å². The minimum Gasteiger partial charge on any atom is -0.478 e. The summed E-state index contributed by atoms with van der Waals surface area (Å²) in [5.41, 5.74) is 0.917. The molecule has 0 bridgehead atoms. The van der Waals surface area contributed by atoms with Crippen molar-refractivity contribution in [1.29, 1.82) is 0 Å². The van der Waals surface area contributed by atoms with E-state index < -0.39 is 17.9 Å². The summed E-state index contributed by atoms with van der Waals surface area (Å²) < 4.78 is 5.65. The summed E-state index contributed by atoms with van der Waals surface area (Å²) in [5, 5.41) is 11.6. The van der Waals surface area contributed by atoms with Gasteiger partial charge in [-0.05, 0) is 30.7 Å². The lowest BCUT2D eigenvalue weighted by atomic mass is 10.1. The average molecular weight is 340 g/mol. The Morgan fingerprint density at radius 3 is 2.80 bits per heavy atom. The number of furan rings is 1. The van der Waals surface area contributed by atoms with Gasteiger partial charge in [-0.3, -0.25) is 9.69 Å². The summed E-state index contributed by atoms with van der Waals surface area (Å²) in [5.74, 6) is -0.557. The molecule has 128 valence electrons. The number of nitrogens with one attached hydrogen (secondary N) is 1. The third-order valence-electron chi connectivity index (χ3n) is 3.72. The minimum absolute atomic E-state index is 0.152. The van der Waals surface area contributed by atoms with Crippen LogP contribution >= 0.6 is 0 Å². The molecule has 25 heavy (non-hydrogen) atoms. The first kappa shape index (κ1) is 16.5. The largest absolute Gasteiger partial charge is 0.478 e. The lowest BCUT2D eigenvalue weighted by molar-refractivity contribution is -0.122. The quantitative estimate of drug-likeness (QED) is 0.644. The summed E-state index contributed by atoms with van der Waals surface area (Å²) in [6.45, 7) is 2.24. The van der Waals surface area contributed by atoms with Gasteiger partial charge in [-0.25, -0.2) is 9.59 Å². The van der Waals surface area contributed by atoms with Gasteiger partial charge in [0.25, 0.3) is 5.91 Å². The van der Waals surface area contributed by atoms with Crippen molar-refractivity contribution >= 4 is 24.0 Å². The van der Waals surface area contributed by atoms with Crippen molar-refractivity contribution in [3.05, 3.63) is 53.4 Å². The molecular weight excluding hydrogens is 324 g/mol. The molecular formula is C18H16N2O5. The summed E-state index contributed by atoms with van der Waals surface area (Å²) in [7, 11) is 0. The van der Waals surface area contributed by atoms with Gasteiger partial charge >= 0.3 is 12.0 Å². The van der Waals surface area contributed by atoms with Crippen LogP contribution in [0.25, 0.3) is 17.4 Å². The Kier molecular flexibility index (Phi) is 4.38. The molecule has 3 amide bonds. The number of imide groups is 1. The molecule has 1 aromatic carbocycles. The molecule has 0 aliphatic carbocycles. The average Bonchev–Trinajstić information content (AvgIpc) is 3.16. The normalized spacial score (nSPS) is 15.7. The molecule has 7 heteroatoms. The number of carbonyl (C=O) groups is 3. The summed E-state index contributed by atoms with van der Waals surface area (Å²) in [4.78, 5) is 36.1. The number of carbonyl (C=O) groups excluding carboxylic acids is 2. The van der Waals surface area contributed by atoms with Crippen LogP contribution in [0.3, 0.4) is 0 Å². The molecule has 2 heterocycles. The topological polar surface area (TPSA) is 99.8 Å². The van der Waals surface area contributed by atoms with Gasteiger partial charge < -0.3 is 14.8 Å². The highest BCUT2D eigenvalue weighted by Gasteiger charge is 2.32. The minimum atomic E-state index is -1.02. The standard InChI is InChI=1S/C18H16N2O5/c1-2-8-20-16(21)14(19-18(20)24)10-13-6-7-15(25-13)11-4-3-5-12(9-11)17(22)23/h3-7,9-10H,2,8H2,1H3,(H,19,24)(H,22,23)/b14-10-. The maximum atomic E-state index is 12.2. The molecule has 0 spiro atoms. The Bertz CT molecular complexity index is 881. The summed E-state index contributed by atoms with van der Waals surface area (Å²) >= 11 is 0. The van der Waals surface area contributed by atoms with Gasteiger partial charge in [-0.2, -0.15) is 0 Å². The molecule has 1 fully saturated rings. The molecule has 1 aliphatic rings. The Morgan fingerprint density at radius 2 is 2.08 bits per heavy atom. The molecule has 1 aromatic heterocycles. The number of hydrogen-bond donors (Lipinski definition) is 2. The third kappa shape index (κ3) is 3.30. The molecule has 0 saturated carbocycles. The summed E-state index contributed by atoms with van der Waals surface area (Å²) in [6.07, 6.45) is 2.14. The SMILES string of the molecule is CCCN1C(=O)N/C(=C\c2ccc(-c3cccc(C(=O)O)c3)o2)C1=O. The highest BCUT2D eigenvalue weighted by Crippen LogP contribution is 2.25. The first-order valence-corrected chi connectivity index (χ1v) is 7.77. The first-order chi connectivity index (χ1) is 12.0. The van der Waals surface area contributed by atoms with E-state index in [1.807, 2.05) is 6.92 Å². The van der Waals surface area contributed by atoms with Crippen LogP contribution in [0, 0.1) is 0 Å². The number of aromatic carboxylic acids is 1. The predicted molar refractivity (Wildman–Crippen MR) is 89.6 cm³/mol. The molecule has 3 rings (SSSR count). The third-order valence-corrected chi connectivity index (χ3v) is 3.72. The van der Waals surface area contributed by atoms with Crippen molar-refractivity contribution in [2.45, 2.75) is 13.3 Å². The van der Waals surface area contributed by atoms with Crippen molar-refractivity contribution in [2.75, 3.05) is 6.54 Å². The van der Waals surface area contributed by atoms with E-state index in [0.717, 1.165) is 4.90 Å². The second-order valence-corrected chi connectivity index (χ2v) is 5.53. The number of carboxylic acid groups (broad SMARTS) is 1. The molecule has 0 unspecified atom stereocenters. The van der Waals surface area contributed by atoms with Crippen LogP contribution in [0.1, 0.15) is 29.5 Å². The fourth-order valence-electron chi connectivity index (χ4n) is 2.53. The fraction of sp³-hybridized carbons (Fsp3) is 0.167. The first-order valence-electron chi connectivity index (χ1n) is 7.77. The monoisotopic (exact) mass is 340 g/mol. The Balaban J connectivity index is 1.85. The number of amides is 3. The highest BCUT2D eigenvalue weighted by molar-refractivity contribution is 6.13. The lowest BCUT2D eigenvalue weighted by Crippen LogP contribution is -2.31. The van der Waals surface area contributed by atoms with E-state index in [1.54, 1.807) is 24.3 Å². The fourth-order valence-corrected chi connectivity index (χ4v) is 2.53. The van der Waals surface area contributed by atoms with Crippen LogP contribution in [0.5, 0.6) is 0 Å².